The zero-order valence-corrected chi connectivity index (χ0v) is 13.4. The first kappa shape index (κ1) is 17.9. The maximum absolute atomic E-state index is 11.8. The first-order chi connectivity index (χ1) is 10.6. The summed E-state index contributed by atoms with van der Waals surface area (Å²) in [6, 6.07) is 5.95. The first-order valence-electron chi connectivity index (χ1n) is 7.53. The molecule has 0 amide bonds. The summed E-state index contributed by atoms with van der Waals surface area (Å²) >= 11 is 0. The molecule has 120 valence electrons. The summed E-state index contributed by atoms with van der Waals surface area (Å²) in [6.07, 6.45) is 3.56. The van der Waals surface area contributed by atoms with Gasteiger partial charge in [-0.2, -0.15) is 9.59 Å². The second kappa shape index (κ2) is 9.00. The van der Waals surface area contributed by atoms with Crippen LogP contribution in [0.2, 0.25) is 0 Å². The molecule has 1 heterocycles. The third kappa shape index (κ3) is 4.43. The summed E-state index contributed by atoms with van der Waals surface area (Å²) in [6.45, 7) is 6.57. The lowest BCUT2D eigenvalue weighted by atomic mass is 9.96. The van der Waals surface area contributed by atoms with E-state index in [1.54, 1.807) is 0 Å². The summed E-state index contributed by atoms with van der Waals surface area (Å²) in [7, 11) is 1.44. The van der Waals surface area contributed by atoms with Crippen LogP contribution in [0.3, 0.4) is 0 Å². The van der Waals surface area contributed by atoms with Gasteiger partial charge in [-0.15, -0.1) is 0 Å². The maximum atomic E-state index is 11.8. The third-order valence-electron chi connectivity index (χ3n) is 4.03. The van der Waals surface area contributed by atoms with Crippen LogP contribution in [0.1, 0.15) is 42.6 Å². The number of rotatable bonds is 3. The number of hydrogen-bond donors (Lipinski definition) is 0. The molecule has 0 radical (unpaired) electrons. The minimum atomic E-state index is -0.232. The minimum absolute atomic E-state index is 0.232. The monoisotopic (exact) mass is 305 g/mol. The van der Waals surface area contributed by atoms with Crippen molar-refractivity contribution < 1.29 is 19.1 Å². The molecular formula is C17H23NO4. The standard InChI is InChI=1S/C16H23NO2.CO2/c1-4-13-14(16(18)19-3)6-5-7-15(13)17-10-8-12(2)9-11-17;2-1-3/h5-7,12H,4,8-11H2,1-3H3;. The Morgan fingerprint density at radius 2 is 1.91 bits per heavy atom. The fourth-order valence-corrected chi connectivity index (χ4v) is 2.79. The van der Waals surface area contributed by atoms with Gasteiger partial charge in [0, 0.05) is 18.8 Å². The Labute approximate surface area is 131 Å². The maximum Gasteiger partial charge on any atom is 0.373 e. The number of esters is 1. The molecule has 0 N–H and O–H groups in total. The average Bonchev–Trinajstić information content (AvgIpc) is 2.54. The molecule has 1 aliphatic rings. The second-order valence-corrected chi connectivity index (χ2v) is 5.40. The van der Waals surface area contributed by atoms with Gasteiger partial charge in [-0.05, 0) is 42.9 Å². The lowest BCUT2D eigenvalue weighted by Crippen LogP contribution is -2.33. The highest BCUT2D eigenvalue weighted by atomic mass is 16.5. The molecule has 1 aromatic rings. The van der Waals surface area contributed by atoms with Gasteiger partial charge in [-0.25, -0.2) is 4.79 Å². The molecule has 1 saturated heterocycles. The van der Waals surface area contributed by atoms with E-state index in [0.717, 1.165) is 31.0 Å². The van der Waals surface area contributed by atoms with Crippen LogP contribution >= 0.6 is 0 Å². The zero-order valence-electron chi connectivity index (χ0n) is 13.4. The quantitative estimate of drug-likeness (QED) is 0.803. The van der Waals surface area contributed by atoms with Crippen LogP contribution in [0.4, 0.5) is 5.69 Å². The summed E-state index contributed by atoms with van der Waals surface area (Å²) in [5.41, 5.74) is 3.03. The molecule has 5 nitrogen and oxygen atoms in total. The molecule has 0 saturated carbocycles. The van der Waals surface area contributed by atoms with Crippen LogP contribution in [0.25, 0.3) is 0 Å². The number of benzene rings is 1. The van der Waals surface area contributed by atoms with Crippen LogP contribution in [0.15, 0.2) is 18.2 Å². The molecular weight excluding hydrogens is 282 g/mol. The van der Waals surface area contributed by atoms with Gasteiger partial charge in [0.05, 0.1) is 12.7 Å². The van der Waals surface area contributed by atoms with Gasteiger partial charge in [0.1, 0.15) is 0 Å². The molecule has 0 aromatic heterocycles. The molecule has 2 rings (SSSR count). The molecule has 0 spiro atoms. The Kier molecular flexibility index (Phi) is 7.33. The Bertz CT molecular complexity index is 527. The molecule has 1 aliphatic heterocycles. The van der Waals surface area contributed by atoms with Gasteiger partial charge in [-0.3, -0.25) is 0 Å². The summed E-state index contributed by atoms with van der Waals surface area (Å²) < 4.78 is 4.88. The van der Waals surface area contributed by atoms with E-state index in [-0.39, 0.29) is 12.1 Å². The van der Waals surface area contributed by atoms with Crippen molar-refractivity contribution in [3.63, 3.8) is 0 Å². The number of methoxy groups -OCH3 is 1. The van der Waals surface area contributed by atoms with Crippen LogP contribution < -0.4 is 4.90 Å². The number of carbonyl (C=O) groups is 1. The van der Waals surface area contributed by atoms with Crippen LogP contribution in [-0.4, -0.2) is 32.3 Å². The van der Waals surface area contributed by atoms with Gasteiger partial charge in [0.2, 0.25) is 0 Å². The average molecular weight is 305 g/mol. The lowest BCUT2D eigenvalue weighted by molar-refractivity contribution is -0.191. The van der Waals surface area contributed by atoms with Crippen molar-refractivity contribution in [2.75, 3.05) is 25.1 Å². The molecule has 0 unspecified atom stereocenters. The second-order valence-electron chi connectivity index (χ2n) is 5.40. The molecule has 1 aromatic carbocycles. The van der Waals surface area contributed by atoms with Gasteiger partial charge in [0.15, 0.2) is 0 Å². The van der Waals surface area contributed by atoms with E-state index in [1.807, 2.05) is 12.1 Å². The minimum Gasteiger partial charge on any atom is -0.465 e. The highest BCUT2D eigenvalue weighted by Crippen LogP contribution is 2.29. The van der Waals surface area contributed by atoms with Crippen molar-refractivity contribution in [2.24, 2.45) is 5.92 Å². The summed E-state index contributed by atoms with van der Waals surface area (Å²) in [5.74, 6) is 0.578. The predicted molar refractivity (Wildman–Crippen MR) is 82.8 cm³/mol. The summed E-state index contributed by atoms with van der Waals surface area (Å²) in [4.78, 5) is 30.5. The van der Waals surface area contributed by atoms with E-state index >= 15 is 0 Å². The zero-order chi connectivity index (χ0) is 16.5. The van der Waals surface area contributed by atoms with Crippen molar-refractivity contribution in [3.8, 4) is 0 Å². The van der Waals surface area contributed by atoms with E-state index in [0.29, 0.717) is 5.56 Å². The van der Waals surface area contributed by atoms with E-state index in [2.05, 4.69) is 24.8 Å². The Morgan fingerprint density at radius 3 is 2.41 bits per heavy atom. The Balaban J connectivity index is 0.000000745. The first-order valence-corrected chi connectivity index (χ1v) is 7.53. The normalized spacial score (nSPS) is 14.6. The van der Waals surface area contributed by atoms with Crippen molar-refractivity contribution in [3.05, 3.63) is 29.3 Å². The number of ether oxygens (including phenoxy) is 1. The highest BCUT2D eigenvalue weighted by molar-refractivity contribution is 5.93. The van der Waals surface area contributed by atoms with E-state index in [1.165, 1.54) is 25.6 Å². The number of carbonyl (C=O) groups excluding carboxylic acids is 3. The number of hydrogen-bond acceptors (Lipinski definition) is 5. The smallest absolute Gasteiger partial charge is 0.373 e. The number of anilines is 1. The SMILES string of the molecule is CCc1c(C(=O)OC)cccc1N1CCC(C)CC1.O=C=O. The molecule has 0 aliphatic carbocycles. The summed E-state index contributed by atoms with van der Waals surface area (Å²) in [5, 5.41) is 0. The highest BCUT2D eigenvalue weighted by Gasteiger charge is 2.21. The van der Waals surface area contributed by atoms with Gasteiger partial charge in [0.25, 0.3) is 0 Å². The number of nitrogens with zero attached hydrogens (tertiary/aromatic N) is 1. The Hall–Kier alpha value is -2.13. The molecule has 1 fully saturated rings. The van der Waals surface area contributed by atoms with Crippen molar-refractivity contribution in [2.45, 2.75) is 33.1 Å². The van der Waals surface area contributed by atoms with Gasteiger partial charge in [-0.1, -0.05) is 19.9 Å². The van der Waals surface area contributed by atoms with Crippen molar-refractivity contribution in [1.82, 2.24) is 0 Å². The molecule has 5 heteroatoms. The van der Waals surface area contributed by atoms with Crippen LogP contribution in [-0.2, 0) is 20.7 Å². The lowest BCUT2D eigenvalue weighted by Gasteiger charge is -2.33. The van der Waals surface area contributed by atoms with Gasteiger partial charge >= 0.3 is 12.1 Å². The third-order valence-corrected chi connectivity index (χ3v) is 4.03. The van der Waals surface area contributed by atoms with Gasteiger partial charge < -0.3 is 9.64 Å². The van der Waals surface area contributed by atoms with Crippen LogP contribution in [0.5, 0.6) is 0 Å². The molecule has 0 bridgehead atoms. The fourth-order valence-electron chi connectivity index (χ4n) is 2.79. The van der Waals surface area contributed by atoms with E-state index in [9.17, 15) is 4.79 Å². The molecule has 0 atom stereocenters. The van der Waals surface area contributed by atoms with Crippen LogP contribution in [0, 0.1) is 5.92 Å². The predicted octanol–water partition coefficient (Wildman–Crippen LogP) is 2.69. The largest absolute Gasteiger partial charge is 0.465 e. The Morgan fingerprint density at radius 1 is 1.32 bits per heavy atom. The molecule has 22 heavy (non-hydrogen) atoms. The van der Waals surface area contributed by atoms with Crippen molar-refractivity contribution in [1.29, 1.82) is 0 Å². The number of piperidine rings is 1. The van der Waals surface area contributed by atoms with Crippen molar-refractivity contribution >= 4 is 17.8 Å². The topological polar surface area (TPSA) is 63.7 Å². The van der Waals surface area contributed by atoms with E-state index in [4.69, 9.17) is 14.3 Å². The van der Waals surface area contributed by atoms with E-state index < -0.39 is 0 Å². The fraction of sp³-hybridized carbons (Fsp3) is 0.529.